The number of hydrogen-bond acceptors (Lipinski definition) is 5. The van der Waals surface area contributed by atoms with Crippen molar-refractivity contribution in [2.45, 2.75) is 63.2 Å². The number of hydrogen-bond donors (Lipinski definition) is 1. The Labute approximate surface area is 193 Å². The van der Waals surface area contributed by atoms with E-state index >= 15 is 0 Å². The Balaban J connectivity index is 1.78. The lowest BCUT2D eigenvalue weighted by Gasteiger charge is -2.19. The van der Waals surface area contributed by atoms with E-state index in [9.17, 15) is 9.59 Å². The second kappa shape index (κ2) is 11.3. The van der Waals surface area contributed by atoms with E-state index in [4.69, 9.17) is 9.72 Å². The van der Waals surface area contributed by atoms with Crippen LogP contribution in [-0.2, 0) is 16.1 Å². The van der Waals surface area contributed by atoms with Gasteiger partial charge in [0.15, 0.2) is 5.16 Å². The quantitative estimate of drug-likeness (QED) is 0.277. The van der Waals surface area contributed by atoms with E-state index in [-0.39, 0.29) is 23.6 Å². The van der Waals surface area contributed by atoms with Crippen LogP contribution in [-0.4, -0.2) is 33.4 Å². The molecule has 0 unspecified atom stereocenters. The number of nitrogens with one attached hydrogen (secondary N) is 1. The average molecular weight is 454 g/mol. The Bertz CT molecular complexity index is 1100. The fraction of sp³-hybridized carbons (Fsp3) is 0.400. The highest BCUT2D eigenvalue weighted by molar-refractivity contribution is 8.00. The molecule has 2 aromatic carbocycles. The SMILES string of the molecule is CC(C)OCCCn1c(S[C@@H](C)C(=O)N[C@H](C)c2ccccc2)nc2ccccc2c1=O. The van der Waals surface area contributed by atoms with Gasteiger partial charge in [0.2, 0.25) is 5.91 Å². The molecule has 1 N–H and O–H groups in total. The van der Waals surface area contributed by atoms with Crippen LogP contribution in [0, 0.1) is 0 Å². The summed E-state index contributed by atoms with van der Waals surface area (Å²) in [5.41, 5.74) is 1.59. The maximum absolute atomic E-state index is 13.2. The zero-order valence-electron chi connectivity index (χ0n) is 19.1. The Kier molecular flexibility index (Phi) is 8.47. The van der Waals surface area contributed by atoms with Crippen LogP contribution < -0.4 is 10.9 Å². The molecule has 170 valence electrons. The minimum Gasteiger partial charge on any atom is -0.379 e. The summed E-state index contributed by atoms with van der Waals surface area (Å²) >= 11 is 1.31. The van der Waals surface area contributed by atoms with Gasteiger partial charge in [0.05, 0.1) is 28.3 Å². The number of thioether (sulfide) groups is 1. The lowest BCUT2D eigenvalue weighted by atomic mass is 10.1. The molecule has 0 aliphatic rings. The molecule has 1 aromatic heterocycles. The zero-order chi connectivity index (χ0) is 23.1. The molecule has 0 saturated carbocycles. The van der Waals surface area contributed by atoms with E-state index in [0.29, 0.717) is 35.6 Å². The molecule has 3 aromatic rings. The first-order valence-electron chi connectivity index (χ1n) is 11.0. The molecule has 0 aliphatic carbocycles. The summed E-state index contributed by atoms with van der Waals surface area (Å²) in [6, 6.07) is 17.1. The summed E-state index contributed by atoms with van der Waals surface area (Å²) in [7, 11) is 0. The Morgan fingerprint density at radius 1 is 1.06 bits per heavy atom. The van der Waals surface area contributed by atoms with Crippen LogP contribution in [0.25, 0.3) is 10.9 Å². The fourth-order valence-corrected chi connectivity index (χ4v) is 4.29. The highest BCUT2D eigenvalue weighted by Gasteiger charge is 2.21. The van der Waals surface area contributed by atoms with E-state index in [1.807, 2.05) is 76.2 Å². The van der Waals surface area contributed by atoms with Gasteiger partial charge in [0.25, 0.3) is 5.56 Å². The van der Waals surface area contributed by atoms with Gasteiger partial charge in [0, 0.05) is 13.2 Å². The third-order valence-corrected chi connectivity index (χ3v) is 6.20. The molecule has 0 fully saturated rings. The average Bonchev–Trinajstić information content (AvgIpc) is 2.78. The minimum absolute atomic E-state index is 0.0899. The van der Waals surface area contributed by atoms with Gasteiger partial charge in [0.1, 0.15) is 0 Å². The first-order chi connectivity index (χ1) is 15.4. The molecule has 7 heteroatoms. The van der Waals surface area contributed by atoms with Crippen molar-refractivity contribution in [3.63, 3.8) is 0 Å². The number of carbonyl (C=O) groups excluding carboxylic acids is 1. The van der Waals surface area contributed by atoms with Crippen LogP contribution in [0.1, 0.15) is 45.7 Å². The van der Waals surface area contributed by atoms with Gasteiger partial charge in [-0.3, -0.25) is 14.2 Å². The van der Waals surface area contributed by atoms with Crippen molar-refractivity contribution < 1.29 is 9.53 Å². The van der Waals surface area contributed by atoms with Gasteiger partial charge in [-0.1, -0.05) is 54.2 Å². The largest absolute Gasteiger partial charge is 0.379 e. The van der Waals surface area contributed by atoms with Crippen LogP contribution in [0.3, 0.4) is 0 Å². The van der Waals surface area contributed by atoms with Crippen LogP contribution in [0.2, 0.25) is 0 Å². The van der Waals surface area contributed by atoms with Crippen molar-refractivity contribution >= 4 is 28.6 Å². The van der Waals surface area contributed by atoms with Gasteiger partial charge < -0.3 is 10.1 Å². The van der Waals surface area contributed by atoms with Crippen LogP contribution >= 0.6 is 11.8 Å². The number of para-hydroxylation sites is 1. The van der Waals surface area contributed by atoms with Gasteiger partial charge in [-0.05, 0) is 51.8 Å². The van der Waals surface area contributed by atoms with Gasteiger partial charge in [-0.15, -0.1) is 0 Å². The topological polar surface area (TPSA) is 73.2 Å². The van der Waals surface area contributed by atoms with E-state index in [1.54, 1.807) is 10.6 Å². The summed E-state index contributed by atoms with van der Waals surface area (Å²) in [4.78, 5) is 30.7. The van der Waals surface area contributed by atoms with Crippen molar-refractivity contribution in [3.8, 4) is 0 Å². The second-order valence-electron chi connectivity index (χ2n) is 8.04. The number of aromatic nitrogens is 2. The highest BCUT2D eigenvalue weighted by atomic mass is 32.2. The number of benzene rings is 2. The predicted octanol–water partition coefficient (Wildman–Crippen LogP) is 4.57. The van der Waals surface area contributed by atoms with Crippen LogP contribution in [0.15, 0.2) is 64.5 Å². The normalized spacial score (nSPS) is 13.3. The summed E-state index contributed by atoms with van der Waals surface area (Å²) < 4.78 is 7.30. The predicted molar refractivity (Wildman–Crippen MR) is 130 cm³/mol. The van der Waals surface area contributed by atoms with Crippen molar-refractivity contribution in [1.29, 1.82) is 0 Å². The lowest BCUT2D eigenvalue weighted by Crippen LogP contribution is -2.34. The summed E-state index contributed by atoms with van der Waals surface area (Å²) in [5.74, 6) is -0.0940. The fourth-order valence-electron chi connectivity index (χ4n) is 3.34. The molecule has 1 heterocycles. The first kappa shape index (κ1) is 24.0. The molecule has 0 saturated heterocycles. The number of carbonyl (C=O) groups is 1. The molecular weight excluding hydrogens is 422 g/mol. The van der Waals surface area contributed by atoms with Crippen molar-refractivity contribution in [1.82, 2.24) is 14.9 Å². The molecule has 0 radical (unpaired) electrons. The summed E-state index contributed by atoms with van der Waals surface area (Å²) in [6.45, 7) is 8.82. The molecule has 1 amide bonds. The Hall–Kier alpha value is -2.64. The van der Waals surface area contributed by atoms with Gasteiger partial charge in [-0.2, -0.15) is 0 Å². The zero-order valence-corrected chi connectivity index (χ0v) is 19.9. The number of amides is 1. The van der Waals surface area contributed by atoms with Gasteiger partial charge >= 0.3 is 0 Å². The van der Waals surface area contributed by atoms with E-state index < -0.39 is 5.25 Å². The standard InChI is InChI=1S/C25H31N3O3S/c1-17(2)31-16-10-15-28-24(30)21-13-8-9-14-22(21)27-25(28)32-19(4)23(29)26-18(3)20-11-6-5-7-12-20/h5-9,11-14,17-19H,10,15-16H2,1-4H3,(H,26,29)/t18-,19+/m1/s1. The molecule has 6 nitrogen and oxygen atoms in total. The van der Waals surface area contributed by atoms with Gasteiger partial charge in [-0.25, -0.2) is 4.98 Å². The Morgan fingerprint density at radius 3 is 2.47 bits per heavy atom. The molecule has 3 rings (SSSR count). The first-order valence-corrected chi connectivity index (χ1v) is 11.9. The van der Waals surface area contributed by atoms with Crippen molar-refractivity contribution in [3.05, 3.63) is 70.5 Å². The molecule has 0 spiro atoms. The summed E-state index contributed by atoms with van der Waals surface area (Å²) in [6.07, 6.45) is 0.836. The number of rotatable bonds is 10. The second-order valence-corrected chi connectivity index (χ2v) is 9.35. The molecule has 0 aliphatic heterocycles. The molecule has 0 bridgehead atoms. The van der Waals surface area contributed by atoms with Crippen molar-refractivity contribution in [2.24, 2.45) is 0 Å². The van der Waals surface area contributed by atoms with Crippen LogP contribution in [0.5, 0.6) is 0 Å². The van der Waals surface area contributed by atoms with E-state index in [1.165, 1.54) is 11.8 Å². The number of fused-ring (bicyclic) bond motifs is 1. The summed E-state index contributed by atoms with van der Waals surface area (Å²) in [5, 5.41) is 3.78. The number of ether oxygens (including phenoxy) is 1. The third kappa shape index (κ3) is 6.20. The smallest absolute Gasteiger partial charge is 0.262 e. The maximum atomic E-state index is 13.2. The van der Waals surface area contributed by atoms with E-state index in [2.05, 4.69) is 5.32 Å². The third-order valence-electron chi connectivity index (χ3n) is 5.11. The maximum Gasteiger partial charge on any atom is 0.262 e. The minimum atomic E-state index is -0.410. The lowest BCUT2D eigenvalue weighted by molar-refractivity contribution is -0.120. The number of nitrogens with zero attached hydrogens (tertiary/aromatic N) is 2. The van der Waals surface area contributed by atoms with Crippen LogP contribution in [0.4, 0.5) is 0 Å². The Morgan fingerprint density at radius 2 is 1.75 bits per heavy atom. The van der Waals surface area contributed by atoms with E-state index in [0.717, 1.165) is 5.56 Å². The molecular formula is C25H31N3O3S. The highest BCUT2D eigenvalue weighted by Crippen LogP contribution is 2.24. The van der Waals surface area contributed by atoms with Crippen molar-refractivity contribution in [2.75, 3.05) is 6.61 Å². The monoisotopic (exact) mass is 453 g/mol. The molecule has 2 atom stereocenters. The molecule has 32 heavy (non-hydrogen) atoms.